The standard InChI is InChI=1S/C20H17F2NO2S/c1-15-5-9-19(10-6-15)23(14-16-3-2-4-18(22)13-16)26(24,25)20-11-7-17(21)8-12-20/h2-13H,14H2,1H3. The molecule has 3 rings (SSSR count). The maximum absolute atomic E-state index is 13.5. The molecule has 3 nitrogen and oxygen atoms in total. The minimum absolute atomic E-state index is 0.0316. The Hall–Kier alpha value is -2.73. The Morgan fingerprint density at radius 3 is 2.12 bits per heavy atom. The third-order valence-electron chi connectivity index (χ3n) is 3.94. The lowest BCUT2D eigenvalue weighted by Crippen LogP contribution is -2.30. The molecule has 0 aliphatic heterocycles. The van der Waals surface area contributed by atoms with Gasteiger partial charge in [0.25, 0.3) is 10.0 Å². The highest BCUT2D eigenvalue weighted by Gasteiger charge is 2.25. The Bertz CT molecular complexity index is 1000. The second kappa shape index (κ2) is 7.25. The molecule has 3 aromatic carbocycles. The molecule has 0 fully saturated rings. The second-order valence-corrected chi connectivity index (χ2v) is 7.79. The molecular formula is C20H17F2NO2S. The van der Waals surface area contributed by atoms with E-state index in [2.05, 4.69) is 0 Å². The fourth-order valence-electron chi connectivity index (χ4n) is 2.56. The summed E-state index contributed by atoms with van der Waals surface area (Å²) in [6, 6.07) is 17.4. The molecule has 0 aromatic heterocycles. The summed E-state index contributed by atoms with van der Waals surface area (Å²) in [6.07, 6.45) is 0. The molecular weight excluding hydrogens is 356 g/mol. The van der Waals surface area contributed by atoms with Crippen molar-refractivity contribution in [2.75, 3.05) is 4.31 Å². The minimum Gasteiger partial charge on any atom is -0.262 e. The van der Waals surface area contributed by atoms with Crippen molar-refractivity contribution in [3.63, 3.8) is 0 Å². The smallest absolute Gasteiger partial charge is 0.262 e. The number of rotatable bonds is 5. The first kappa shape index (κ1) is 18.1. The molecule has 0 unspecified atom stereocenters. The summed E-state index contributed by atoms with van der Waals surface area (Å²) in [4.78, 5) is -0.0316. The van der Waals surface area contributed by atoms with Crippen LogP contribution in [0, 0.1) is 18.6 Å². The van der Waals surface area contributed by atoms with Gasteiger partial charge in [0.2, 0.25) is 0 Å². The number of hydrogen-bond acceptors (Lipinski definition) is 2. The topological polar surface area (TPSA) is 37.4 Å². The van der Waals surface area contributed by atoms with Crippen molar-refractivity contribution < 1.29 is 17.2 Å². The summed E-state index contributed by atoms with van der Waals surface area (Å²) in [5, 5.41) is 0. The zero-order chi connectivity index (χ0) is 18.7. The molecule has 0 saturated carbocycles. The molecule has 0 aliphatic carbocycles. The predicted octanol–water partition coefficient (Wildman–Crippen LogP) is 4.67. The summed E-state index contributed by atoms with van der Waals surface area (Å²) in [6.45, 7) is 1.86. The maximum Gasteiger partial charge on any atom is 0.264 e. The van der Waals surface area contributed by atoms with Gasteiger partial charge in [-0.3, -0.25) is 4.31 Å². The number of benzene rings is 3. The van der Waals surface area contributed by atoms with Gasteiger partial charge in [0.1, 0.15) is 11.6 Å². The molecule has 0 amide bonds. The van der Waals surface area contributed by atoms with Crippen LogP contribution in [0.15, 0.2) is 77.7 Å². The van der Waals surface area contributed by atoms with E-state index in [1.165, 1.54) is 34.6 Å². The molecule has 6 heteroatoms. The van der Waals surface area contributed by atoms with Gasteiger partial charge in [-0.2, -0.15) is 0 Å². The first-order chi connectivity index (χ1) is 12.4. The highest BCUT2D eigenvalue weighted by Crippen LogP contribution is 2.26. The van der Waals surface area contributed by atoms with E-state index in [-0.39, 0.29) is 11.4 Å². The lowest BCUT2D eigenvalue weighted by molar-refractivity contribution is 0.588. The summed E-state index contributed by atoms with van der Waals surface area (Å²) in [5.41, 5.74) is 1.94. The first-order valence-corrected chi connectivity index (χ1v) is 9.40. The molecule has 134 valence electrons. The molecule has 0 spiro atoms. The van der Waals surface area contributed by atoms with Crippen molar-refractivity contribution in [3.8, 4) is 0 Å². The van der Waals surface area contributed by atoms with Crippen LogP contribution < -0.4 is 4.31 Å². The monoisotopic (exact) mass is 373 g/mol. The largest absolute Gasteiger partial charge is 0.264 e. The van der Waals surface area contributed by atoms with Crippen LogP contribution in [0.3, 0.4) is 0 Å². The average molecular weight is 373 g/mol. The summed E-state index contributed by atoms with van der Waals surface area (Å²) >= 11 is 0. The molecule has 0 aliphatic rings. The number of aryl methyl sites for hydroxylation is 1. The van der Waals surface area contributed by atoms with E-state index < -0.39 is 21.7 Å². The van der Waals surface area contributed by atoms with Gasteiger partial charge in [0, 0.05) is 0 Å². The third kappa shape index (κ3) is 3.91. The van der Waals surface area contributed by atoms with Crippen LogP contribution in [-0.4, -0.2) is 8.42 Å². The molecule has 0 saturated heterocycles. The van der Waals surface area contributed by atoms with Crippen LogP contribution in [-0.2, 0) is 16.6 Å². The number of nitrogens with zero attached hydrogens (tertiary/aromatic N) is 1. The van der Waals surface area contributed by atoms with Gasteiger partial charge in [0.05, 0.1) is 17.1 Å². The van der Waals surface area contributed by atoms with E-state index in [0.717, 1.165) is 17.7 Å². The zero-order valence-electron chi connectivity index (χ0n) is 14.1. The van der Waals surface area contributed by atoms with Crippen LogP contribution in [0.4, 0.5) is 14.5 Å². The summed E-state index contributed by atoms with van der Waals surface area (Å²) in [7, 11) is -3.95. The summed E-state index contributed by atoms with van der Waals surface area (Å²) < 4.78 is 54.2. The number of halogens is 2. The quantitative estimate of drug-likeness (QED) is 0.652. The van der Waals surface area contributed by atoms with Crippen LogP contribution >= 0.6 is 0 Å². The predicted molar refractivity (Wildman–Crippen MR) is 97.3 cm³/mol. The molecule has 3 aromatic rings. The van der Waals surface area contributed by atoms with Crippen LogP contribution in [0.25, 0.3) is 0 Å². The van der Waals surface area contributed by atoms with Gasteiger partial charge in [0.15, 0.2) is 0 Å². The Kier molecular flexibility index (Phi) is 5.04. The van der Waals surface area contributed by atoms with Gasteiger partial charge in [-0.1, -0.05) is 29.8 Å². The van der Waals surface area contributed by atoms with Gasteiger partial charge in [-0.15, -0.1) is 0 Å². The normalized spacial score (nSPS) is 11.3. The zero-order valence-corrected chi connectivity index (χ0v) is 14.9. The number of sulfonamides is 1. The van der Waals surface area contributed by atoms with E-state index in [1.54, 1.807) is 30.3 Å². The third-order valence-corrected chi connectivity index (χ3v) is 5.73. The van der Waals surface area contributed by atoms with Crippen LogP contribution in [0.5, 0.6) is 0 Å². The highest BCUT2D eigenvalue weighted by molar-refractivity contribution is 7.92. The van der Waals surface area contributed by atoms with Crippen molar-refractivity contribution >= 4 is 15.7 Å². The fraction of sp³-hybridized carbons (Fsp3) is 0.100. The Balaban J connectivity index is 2.07. The van der Waals surface area contributed by atoms with Crippen LogP contribution in [0.1, 0.15) is 11.1 Å². The highest BCUT2D eigenvalue weighted by atomic mass is 32.2. The van der Waals surface area contributed by atoms with Crippen molar-refractivity contribution in [2.45, 2.75) is 18.4 Å². The Morgan fingerprint density at radius 1 is 0.846 bits per heavy atom. The molecule has 0 bridgehead atoms. The van der Waals surface area contributed by atoms with E-state index in [1.807, 2.05) is 6.92 Å². The van der Waals surface area contributed by atoms with Crippen molar-refractivity contribution in [1.82, 2.24) is 0 Å². The van der Waals surface area contributed by atoms with Gasteiger partial charge in [-0.05, 0) is 61.0 Å². The van der Waals surface area contributed by atoms with Crippen molar-refractivity contribution in [3.05, 3.63) is 95.6 Å². The fourth-order valence-corrected chi connectivity index (χ4v) is 4.01. The lowest BCUT2D eigenvalue weighted by atomic mass is 10.2. The summed E-state index contributed by atoms with van der Waals surface area (Å²) in [5.74, 6) is -0.957. The molecule has 0 N–H and O–H groups in total. The first-order valence-electron chi connectivity index (χ1n) is 7.96. The molecule has 26 heavy (non-hydrogen) atoms. The van der Waals surface area contributed by atoms with Gasteiger partial charge >= 0.3 is 0 Å². The van der Waals surface area contributed by atoms with E-state index in [0.29, 0.717) is 11.3 Å². The maximum atomic E-state index is 13.5. The van der Waals surface area contributed by atoms with Gasteiger partial charge in [-0.25, -0.2) is 17.2 Å². The number of hydrogen-bond donors (Lipinski definition) is 0. The van der Waals surface area contributed by atoms with E-state index >= 15 is 0 Å². The van der Waals surface area contributed by atoms with Crippen molar-refractivity contribution in [2.24, 2.45) is 0 Å². The van der Waals surface area contributed by atoms with Crippen LogP contribution in [0.2, 0.25) is 0 Å². The Morgan fingerprint density at radius 2 is 1.50 bits per heavy atom. The van der Waals surface area contributed by atoms with E-state index in [9.17, 15) is 17.2 Å². The average Bonchev–Trinajstić information content (AvgIpc) is 2.61. The molecule has 0 atom stereocenters. The lowest BCUT2D eigenvalue weighted by Gasteiger charge is -2.25. The minimum atomic E-state index is -3.95. The Labute approximate surface area is 151 Å². The number of anilines is 1. The molecule has 0 heterocycles. The second-order valence-electron chi connectivity index (χ2n) is 5.93. The molecule has 0 radical (unpaired) electrons. The van der Waals surface area contributed by atoms with Crippen molar-refractivity contribution in [1.29, 1.82) is 0 Å². The SMILES string of the molecule is Cc1ccc(N(Cc2cccc(F)c2)S(=O)(=O)c2ccc(F)cc2)cc1. The van der Waals surface area contributed by atoms with Gasteiger partial charge < -0.3 is 0 Å². The van der Waals surface area contributed by atoms with E-state index in [4.69, 9.17) is 0 Å².